The van der Waals surface area contributed by atoms with Gasteiger partial charge in [0.15, 0.2) is 0 Å². The van der Waals surface area contributed by atoms with Crippen molar-refractivity contribution < 1.29 is 9.13 Å². The van der Waals surface area contributed by atoms with Crippen molar-refractivity contribution >= 4 is 0 Å². The summed E-state index contributed by atoms with van der Waals surface area (Å²) >= 11 is 0. The van der Waals surface area contributed by atoms with Crippen LogP contribution in [0.4, 0.5) is 4.39 Å². The van der Waals surface area contributed by atoms with E-state index in [-0.39, 0.29) is 17.3 Å². The van der Waals surface area contributed by atoms with Crippen LogP contribution in [0.2, 0.25) is 0 Å². The van der Waals surface area contributed by atoms with Gasteiger partial charge in [-0.2, -0.15) is 0 Å². The fourth-order valence-corrected chi connectivity index (χ4v) is 2.34. The van der Waals surface area contributed by atoms with Gasteiger partial charge in [0.25, 0.3) is 0 Å². The minimum atomic E-state index is -0.393. The zero-order chi connectivity index (χ0) is 12.1. The van der Waals surface area contributed by atoms with E-state index in [2.05, 4.69) is 20.8 Å². The van der Waals surface area contributed by atoms with Crippen LogP contribution < -0.4 is 0 Å². The summed E-state index contributed by atoms with van der Waals surface area (Å²) in [5.74, 6) is -0.190. The number of halogens is 1. The highest BCUT2D eigenvalue weighted by Gasteiger charge is 2.43. The van der Waals surface area contributed by atoms with Gasteiger partial charge in [0.05, 0.1) is 11.7 Å². The molecule has 0 aliphatic carbocycles. The summed E-state index contributed by atoms with van der Waals surface area (Å²) in [6.07, 6.45) is 0.0399. The molecule has 0 bridgehead atoms. The molecule has 0 radical (unpaired) electrons. The van der Waals surface area contributed by atoms with Crippen molar-refractivity contribution in [3.8, 4) is 0 Å². The van der Waals surface area contributed by atoms with Crippen LogP contribution in [-0.4, -0.2) is 0 Å². The minimum Gasteiger partial charge on any atom is -0.362 e. The molecule has 1 atom stereocenters. The molecule has 0 spiro atoms. The maximum absolute atomic E-state index is 13.3. The summed E-state index contributed by atoms with van der Waals surface area (Å²) in [7, 11) is 0. The molecule has 0 saturated carbocycles. The van der Waals surface area contributed by atoms with Crippen molar-refractivity contribution in [1.29, 1.82) is 0 Å². The molecule has 0 saturated heterocycles. The Balaban J connectivity index is 2.56. The van der Waals surface area contributed by atoms with Crippen molar-refractivity contribution in [2.24, 2.45) is 5.41 Å². The number of benzene rings is 1. The first-order valence-electron chi connectivity index (χ1n) is 5.69. The third-order valence-electron chi connectivity index (χ3n) is 3.15. The summed E-state index contributed by atoms with van der Waals surface area (Å²) in [5.41, 5.74) is 1.74. The summed E-state index contributed by atoms with van der Waals surface area (Å²) in [6.45, 7) is 10.4. The number of ether oxygens (including phenoxy) is 1. The van der Waals surface area contributed by atoms with Crippen LogP contribution >= 0.6 is 0 Å². The van der Waals surface area contributed by atoms with Crippen LogP contribution in [-0.2, 0) is 10.3 Å². The van der Waals surface area contributed by atoms with Crippen LogP contribution in [0.3, 0.4) is 0 Å². The number of fused-ring (bicyclic) bond motifs is 1. The topological polar surface area (TPSA) is 9.23 Å². The first-order valence-corrected chi connectivity index (χ1v) is 5.69. The highest BCUT2D eigenvalue weighted by atomic mass is 19.1. The lowest BCUT2D eigenvalue weighted by atomic mass is 9.83. The van der Waals surface area contributed by atoms with Gasteiger partial charge in [-0.15, -0.1) is 0 Å². The van der Waals surface area contributed by atoms with Gasteiger partial charge in [-0.25, -0.2) is 4.39 Å². The Bertz CT molecular complexity index is 415. The zero-order valence-corrected chi connectivity index (χ0v) is 10.6. The third kappa shape index (κ3) is 1.75. The molecule has 2 heteroatoms. The summed E-state index contributed by atoms with van der Waals surface area (Å²) in [5, 5.41) is 0. The molecular weight excluding hydrogens is 203 g/mol. The Morgan fingerprint density at radius 2 is 1.88 bits per heavy atom. The first-order chi connectivity index (χ1) is 7.22. The molecule has 1 unspecified atom stereocenters. The Kier molecular flexibility index (Phi) is 2.39. The average Bonchev–Trinajstić information content (AvgIpc) is 2.38. The first kappa shape index (κ1) is 11.6. The quantitative estimate of drug-likeness (QED) is 0.640. The van der Waals surface area contributed by atoms with Crippen LogP contribution in [0.25, 0.3) is 0 Å². The van der Waals surface area contributed by atoms with E-state index in [1.165, 1.54) is 6.07 Å². The second kappa shape index (κ2) is 3.30. The van der Waals surface area contributed by atoms with Crippen LogP contribution in [0.1, 0.15) is 51.8 Å². The SMILES string of the molecule is CC1(C)OC(C(C)(C)C)c2ccc(F)cc21. The summed E-state index contributed by atoms with van der Waals surface area (Å²) in [4.78, 5) is 0. The average molecular weight is 222 g/mol. The standard InChI is InChI=1S/C14H19FO/c1-13(2,3)12-10-7-6-9(15)8-11(10)14(4,5)16-12/h6-8,12H,1-5H3. The summed E-state index contributed by atoms with van der Waals surface area (Å²) in [6, 6.07) is 4.97. The Hall–Kier alpha value is -0.890. The highest BCUT2D eigenvalue weighted by molar-refractivity contribution is 5.38. The molecule has 88 valence electrons. The molecule has 1 aromatic carbocycles. The molecule has 0 fully saturated rings. The fraction of sp³-hybridized carbons (Fsp3) is 0.571. The van der Waals surface area contributed by atoms with Crippen molar-refractivity contribution in [3.05, 3.63) is 35.1 Å². The molecule has 0 aromatic heterocycles. The lowest BCUT2D eigenvalue weighted by Gasteiger charge is -2.29. The molecular formula is C14H19FO. The van der Waals surface area contributed by atoms with Crippen molar-refractivity contribution in [3.63, 3.8) is 0 Å². The van der Waals surface area contributed by atoms with E-state index in [9.17, 15) is 4.39 Å². The number of hydrogen-bond acceptors (Lipinski definition) is 1. The molecule has 1 aromatic rings. The van der Waals surface area contributed by atoms with E-state index in [4.69, 9.17) is 4.74 Å². The molecule has 0 amide bonds. The van der Waals surface area contributed by atoms with Gasteiger partial charge in [-0.1, -0.05) is 26.8 Å². The molecule has 2 rings (SSSR count). The molecule has 16 heavy (non-hydrogen) atoms. The number of rotatable bonds is 0. The second-order valence-corrected chi connectivity index (χ2v) is 6.11. The Morgan fingerprint density at radius 3 is 2.44 bits per heavy atom. The largest absolute Gasteiger partial charge is 0.362 e. The lowest BCUT2D eigenvalue weighted by molar-refractivity contribution is -0.0964. The maximum atomic E-state index is 13.3. The third-order valence-corrected chi connectivity index (χ3v) is 3.15. The van der Waals surface area contributed by atoms with Crippen molar-refractivity contribution in [2.45, 2.75) is 46.3 Å². The summed E-state index contributed by atoms with van der Waals surface area (Å²) < 4.78 is 19.3. The monoisotopic (exact) mass is 222 g/mol. The second-order valence-electron chi connectivity index (χ2n) is 6.11. The van der Waals surface area contributed by atoms with E-state index in [0.717, 1.165) is 11.1 Å². The van der Waals surface area contributed by atoms with Crippen LogP contribution in [0.5, 0.6) is 0 Å². The molecule has 1 aliphatic heterocycles. The molecule has 1 heterocycles. The van der Waals surface area contributed by atoms with Crippen molar-refractivity contribution in [1.82, 2.24) is 0 Å². The van der Waals surface area contributed by atoms with Crippen LogP contribution in [0, 0.1) is 11.2 Å². The molecule has 0 N–H and O–H groups in total. The molecule has 1 aliphatic rings. The van der Waals surface area contributed by atoms with Crippen LogP contribution in [0.15, 0.2) is 18.2 Å². The van der Waals surface area contributed by atoms with Gasteiger partial charge in [0, 0.05) is 0 Å². The van der Waals surface area contributed by atoms with E-state index in [0.29, 0.717) is 0 Å². The van der Waals surface area contributed by atoms with Gasteiger partial charge in [0.1, 0.15) is 5.82 Å². The van der Waals surface area contributed by atoms with E-state index in [1.54, 1.807) is 6.07 Å². The highest BCUT2D eigenvalue weighted by Crippen LogP contribution is 2.50. The predicted octanol–water partition coefficient (Wildman–Crippen LogP) is 4.18. The lowest BCUT2D eigenvalue weighted by Crippen LogP contribution is -2.22. The minimum absolute atomic E-state index is 0.0281. The van der Waals surface area contributed by atoms with Gasteiger partial charge < -0.3 is 4.74 Å². The van der Waals surface area contributed by atoms with Gasteiger partial charge in [0.2, 0.25) is 0 Å². The van der Waals surface area contributed by atoms with E-state index < -0.39 is 5.60 Å². The smallest absolute Gasteiger partial charge is 0.123 e. The maximum Gasteiger partial charge on any atom is 0.123 e. The van der Waals surface area contributed by atoms with Crippen molar-refractivity contribution in [2.75, 3.05) is 0 Å². The van der Waals surface area contributed by atoms with E-state index in [1.807, 2.05) is 19.9 Å². The van der Waals surface area contributed by atoms with Gasteiger partial charge >= 0.3 is 0 Å². The Morgan fingerprint density at radius 1 is 1.25 bits per heavy atom. The Labute approximate surface area is 96.6 Å². The zero-order valence-electron chi connectivity index (χ0n) is 10.6. The predicted molar refractivity (Wildman–Crippen MR) is 62.7 cm³/mol. The van der Waals surface area contributed by atoms with Gasteiger partial charge in [-0.3, -0.25) is 0 Å². The fourth-order valence-electron chi connectivity index (χ4n) is 2.34. The number of hydrogen-bond donors (Lipinski definition) is 0. The van der Waals surface area contributed by atoms with Gasteiger partial charge in [-0.05, 0) is 42.5 Å². The normalized spacial score (nSPS) is 23.2. The van der Waals surface area contributed by atoms with E-state index >= 15 is 0 Å². The molecule has 1 nitrogen and oxygen atoms in total.